The Morgan fingerprint density at radius 1 is 1.28 bits per heavy atom. The van der Waals surface area contributed by atoms with Crippen LogP contribution < -0.4 is 40.0 Å². The molecule has 2 amide bonds. The van der Waals surface area contributed by atoms with Crippen LogP contribution in [-0.4, -0.2) is 50.0 Å². The quantitative estimate of drug-likeness (QED) is 0.429. The molecule has 1 aromatic carbocycles. The maximum Gasteiger partial charge on any atom is 1.00 e. The number of hydrogen-bond acceptors (Lipinski definition) is 7. The molecule has 2 saturated heterocycles. The topological polar surface area (TPSA) is 116 Å². The van der Waals surface area contributed by atoms with Crippen LogP contribution >= 0.6 is 11.8 Å². The average molecular weight is 423 g/mol. The summed E-state index contributed by atoms with van der Waals surface area (Å²) in [7, 11) is 0. The number of carboxylic acids is 1. The zero-order chi connectivity index (χ0) is 20.2. The van der Waals surface area contributed by atoms with E-state index < -0.39 is 40.0 Å². The van der Waals surface area contributed by atoms with Crippen molar-refractivity contribution in [2.24, 2.45) is 0 Å². The molecule has 1 unspecified atom stereocenters. The van der Waals surface area contributed by atoms with E-state index in [1.165, 1.54) is 16.7 Å². The van der Waals surface area contributed by atoms with Crippen molar-refractivity contribution in [2.45, 2.75) is 43.0 Å². The minimum absolute atomic E-state index is 0. The smallest absolute Gasteiger partial charge is 0.548 e. The van der Waals surface area contributed by atoms with Crippen LogP contribution in [0.15, 0.2) is 34.9 Å². The van der Waals surface area contributed by atoms with E-state index in [9.17, 15) is 19.5 Å². The van der Waals surface area contributed by atoms with Crippen molar-refractivity contribution in [3.05, 3.63) is 41.7 Å². The number of rotatable bonds is 4. The number of carbonyl (C=O) groups excluding carboxylic acids is 3. The molecule has 4 rings (SSSR count). The summed E-state index contributed by atoms with van der Waals surface area (Å²) < 4.78 is 4.49. The van der Waals surface area contributed by atoms with Crippen LogP contribution in [0.5, 0.6) is 0 Å². The predicted molar refractivity (Wildman–Crippen MR) is 99.0 cm³/mol. The Morgan fingerprint density at radius 2 is 1.93 bits per heavy atom. The summed E-state index contributed by atoms with van der Waals surface area (Å²) >= 11 is 1.34. The largest absolute Gasteiger partial charge is 1.00 e. The number of β-lactam (4-membered cyclic amide) rings is 1. The van der Waals surface area contributed by atoms with Crippen molar-refractivity contribution in [1.82, 2.24) is 15.4 Å². The van der Waals surface area contributed by atoms with Crippen LogP contribution in [0.4, 0.5) is 0 Å². The van der Waals surface area contributed by atoms with E-state index in [1.807, 2.05) is 30.3 Å². The Labute approximate surface area is 193 Å². The van der Waals surface area contributed by atoms with E-state index in [1.54, 1.807) is 20.8 Å². The maximum absolute atomic E-state index is 12.9. The van der Waals surface area contributed by atoms with Crippen molar-refractivity contribution >= 4 is 29.5 Å². The van der Waals surface area contributed by atoms with Crippen LogP contribution in [0.1, 0.15) is 30.0 Å². The number of carboxylic acid groups (broad SMARTS) is 1. The van der Waals surface area contributed by atoms with Crippen LogP contribution in [0, 0.1) is 6.92 Å². The fraction of sp³-hybridized carbons (Fsp3) is 0.368. The van der Waals surface area contributed by atoms with E-state index in [-0.39, 0.29) is 35.1 Å². The molecule has 10 heteroatoms. The summed E-state index contributed by atoms with van der Waals surface area (Å²) in [5, 5.41) is 17.7. The number of nitrogens with one attached hydrogen (secondary N) is 1. The molecule has 2 aliphatic rings. The summed E-state index contributed by atoms with van der Waals surface area (Å²) in [6.07, 6.45) is 0. The molecule has 0 radical (unpaired) electrons. The summed E-state index contributed by atoms with van der Waals surface area (Å²) in [5.41, 5.74) is 1.38. The molecule has 2 aromatic rings. The van der Waals surface area contributed by atoms with Gasteiger partial charge in [0.25, 0.3) is 5.91 Å². The number of amides is 2. The number of benzene rings is 1. The Balaban J connectivity index is 0.00000240. The first-order valence-electron chi connectivity index (χ1n) is 8.76. The van der Waals surface area contributed by atoms with Gasteiger partial charge in [0.05, 0.1) is 12.0 Å². The second-order valence-electron chi connectivity index (χ2n) is 7.36. The van der Waals surface area contributed by atoms with Crippen molar-refractivity contribution in [1.29, 1.82) is 0 Å². The van der Waals surface area contributed by atoms with Gasteiger partial charge in [-0.2, -0.15) is 0 Å². The summed E-state index contributed by atoms with van der Waals surface area (Å²) in [6, 6.07) is 7.29. The first kappa shape index (κ1) is 21.9. The molecular weight excluding hydrogens is 405 g/mol. The standard InChI is InChI=1S/C19H19N3O5S.Na/c1-9-11(12(21-27-9)10-7-5-4-6-8-10)15(23)20-13-16(24)22-14(18(25)26)19(2,3)28-17(13)22;/h4-8,13-14,17H,1-3H3,(H,20,23)(H,25,26);/q;+1/p-1/t13-,14+,17?;/m1./s1. The minimum atomic E-state index is -1.29. The van der Waals surface area contributed by atoms with Crippen molar-refractivity contribution in [3.8, 4) is 11.3 Å². The molecule has 0 spiro atoms. The molecule has 3 atom stereocenters. The van der Waals surface area contributed by atoms with Gasteiger partial charge in [0.1, 0.15) is 28.4 Å². The van der Waals surface area contributed by atoms with Crippen molar-refractivity contribution in [2.75, 3.05) is 0 Å². The molecule has 1 aromatic heterocycles. The van der Waals surface area contributed by atoms with Gasteiger partial charge in [-0.1, -0.05) is 35.5 Å². The minimum Gasteiger partial charge on any atom is -0.548 e. The third-order valence-corrected chi connectivity index (χ3v) is 6.66. The molecule has 8 nitrogen and oxygen atoms in total. The number of nitrogens with zero attached hydrogens (tertiary/aromatic N) is 2. The van der Waals surface area contributed by atoms with Gasteiger partial charge in [0, 0.05) is 10.3 Å². The Hall–Kier alpha value is -1.81. The van der Waals surface area contributed by atoms with E-state index in [4.69, 9.17) is 4.52 Å². The molecule has 1 N–H and O–H groups in total. The second-order valence-corrected chi connectivity index (χ2v) is 9.13. The van der Waals surface area contributed by atoms with Gasteiger partial charge in [-0.05, 0) is 20.8 Å². The first-order chi connectivity index (χ1) is 13.2. The van der Waals surface area contributed by atoms with Crippen LogP contribution in [0.25, 0.3) is 11.3 Å². The summed E-state index contributed by atoms with van der Waals surface area (Å²) in [5.74, 6) is -1.86. The molecule has 29 heavy (non-hydrogen) atoms. The van der Waals surface area contributed by atoms with Gasteiger partial charge in [-0.25, -0.2) is 0 Å². The summed E-state index contributed by atoms with van der Waals surface area (Å²) in [4.78, 5) is 38.2. The van der Waals surface area contributed by atoms with E-state index in [2.05, 4.69) is 10.5 Å². The monoisotopic (exact) mass is 423 g/mol. The number of aromatic nitrogens is 1. The van der Waals surface area contributed by atoms with E-state index in [0.717, 1.165) is 5.56 Å². The van der Waals surface area contributed by atoms with Crippen LogP contribution in [0.3, 0.4) is 0 Å². The van der Waals surface area contributed by atoms with Crippen molar-refractivity contribution in [3.63, 3.8) is 0 Å². The Kier molecular flexibility index (Phi) is 5.88. The summed E-state index contributed by atoms with van der Waals surface area (Å²) in [6.45, 7) is 5.13. The second kappa shape index (κ2) is 7.79. The van der Waals surface area contributed by atoms with E-state index >= 15 is 0 Å². The van der Waals surface area contributed by atoms with Crippen LogP contribution in [-0.2, 0) is 9.59 Å². The van der Waals surface area contributed by atoms with Gasteiger partial charge in [-0.15, -0.1) is 11.8 Å². The fourth-order valence-electron chi connectivity index (χ4n) is 3.77. The van der Waals surface area contributed by atoms with Crippen LogP contribution in [0.2, 0.25) is 0 Å². The Morgan fingerprint density at radius 3 is 2.55 bits per heavy atom. The number of hydrogen-bond donors (Lipinski definition) is 1. The third kappa shape index (κ3) is 3.50. The zero-order valence-corrected chi connectivity index (χ0v) is 19.3. The number of carbonyl (C=O) groups is 3. The van der Waals surface area contributed by atoms with Gasteiger partial charge in [0.2, 0.25) is 5.91 Å². The fourth-order valence-corrected chi connectivity index (χ4v) is 5.39. The number of thioether (sulfide) groups is 1. The molecule has 146 valence electrons. The molecular formula is C19H18N3NaO5S. The maximum atomic E-state index is 12.9. The molecule has 2 aliphatic heterocycles. The molecule has 0 aliphatic carbocycles. The Bertz CT molecular complexity index is 977. The SMILES string of the molecule is Cc1onc(-c2ccccc2)c1C(=O)N[C@@H]1C(=O)N2C1SC(C)(C)[C@@H]2C(=O)[O-].[Na+]. The van der Waals surface area contributed by atoms with Crippen molar-refractivity contribution < 1.29 is 53.6 Å². The van der Waals surface area contributed by atoms with Gasteiger partial charge >= 0.3 is 29.6 Å². The van der Waals surface area contributed by atoms with E-state index in [0.29, 0.717) is 11.5 Å². The molecule has 0 saturated carbocycles. The molecule has 3 heterocycles. The normalized spacial score (nSPS) is 24.3. The molecule has 2 fully saturated rings. The van der Waals surface area contributed by atoms with Gasteiger partial charge in [-0.3, -0.25) is 9.59 Å². The van der Waals surface area contributed by atoms with Gasteiger partial charge in [0.15, 0.2) is 0 Å². The average Bonchev–Trinajstić information content (AvgIpc) is 3.15. The predicted octanol–water partition coefficient (Wildman–Crippen LogP) is -2.44. The number of aryl methyl sites for hydroxylation is 1. The first-order valence-corrected chi connectivity index (χ1v) is 9.64. The number of aliphatic carboxylic acids is 1. The zero-order valence-electron chi connectivity index (χ0n) is 16.5. The number of fused-ring (bicyclic) bond motifs is 1. The third-order valence-electron chi connectivity index (χ3n) is 5.09. The molecule has 0 bridgehead atoms. The van der Waals surface area contributed by atoms with Gasteiger partial charge < -0.3 is 24.6 Å².